The van der Waals surface area contributed by atoms with Crippen molar-refractivity contribution in [3.8, 4) is 0 Å². The van der Waals surface area contributed by atoms with E-state index in [0.29, 0.717) is 13.0 Å². The summed E-state index contributed by atoms with van der Waals surface area (Å²) in [7, 11) is 1.41. The highest BCUT2D eigenvalue weighted by Crippen LogP contribution is 2.22. The van der Waals surface area contributed by atoms with Gasteiger partial charge in [0.1, 0.15) is 17.5 Å². The third kappa shape index (κ3) is 2.79. The van der Waals surface area contributed by atoms with Crippen molar-refractivity contribution in [2.75, 3.05) is 7.11 Å². The van der Waals surface area contributed by atoms with E-state index in [2.05, 4.69) is 10.2 Å². The van der Waals surface area contributed by atoms with E-state index in [-0.39, 0.29) is 17.7 Å². The van der Waals surface area contributed by atoms with Gasteiger partial charge in [-0.2, -0.15) is 0 Å². The Labute approximate surface area is 121 Å². The van der Waals surface area contributed by atoms with Crippen LogP contribution in [0.4, 0.5) is 4.39 Å². The fourth-order valence-corrected chi connectivity index (χ4v) is 2.66. The molecule has 1 unspecified atom stereocenters. The molecular weight excluding hydrogens is 273 g/mol. The number of esters is 1. The number of halogens is 1. The van der Waals surface area contributed by atoms with E-state index in [0.717, 1.165) is 30.1 Å². The molecule has 3 rings (SSSR count). The monoisotopic (exact) mass is 289 g/mol. The average molecular weight is 289 g/mol. The van der Waals surface area contributed by atoms with Gasteiger partial charge in [0.15, 0.2) is 0 Å². The predicted molar refractivity (Wildman–Crippen MR) is 73.1 cm³/mol. The number of fused-ring (bicyclic) bond motifs is 1. The number of methoxy groups -OCH3 is 1. The number of aromatic nitrogens is 3. The number of hydrogen-bond acceptors (Lipinski definition) is 4. The Kier molecular flexibility index (Phi) is 3.68. The minimum Gasteiger partial charge on any atom is -0.469 e. The summed E-state index contributed by atoms with van der Waals surface area (Å²) in [5.41, 5.74) is 0.965. The molecule has 0 amide bonds. The molecule has 21 heavy (non-hydrogen) atoms. The van der Waals surface area contributed by atoms with Gasteiger partial charge in [-0.25, -0.2) is 4.39 Å². The van der Waals surface area contributed by atoms with Gasteiger partial charge in [0.25, 0.3) is 0 Å². The van der Waals surface area contributed by atoms with Crippen molar-refractivity contribution in [3.05, 3.63) is 47.3 Å². The van der Waals surface area contributed by atoms with Crippen LogP contribution in [0, 0.1) is 11.7 Å². The van der Waals surface area contributed by atoms with Gasteiger partial charge in [0.05, 0.1) is 13.0 Å². The Bertz CT molecular complexity index is 651. The summed E-state index contributed by atoms with van der Waals surface area (Å²) in [4.78, 5) is 11.7. The summed E-state index contributed by atoms with van der Waals surface area (Å²) in [6, 6.07) is 6.33. The fraction of sp³-hybridized carbons (Fsp3) is 0.400. The van der Waals surface area contributed by atoms with Gasteiger partial charge in [-0.3, -0.25) is 4.79 Å². The molecule has 6 heteroatoms. The number of hydrogen-bond donors (Lipinski definition) is 0. The van der Waals surface area contributed by atoms with Crippen LogP contribution in [0.15, 0.2) is 24.3 Å². The Morgan fingerprint density at radius 3 is 2.86 bits per heavy atom. The zero-order chi connectivity index (χ0) is 14.8. The van der Waals surface area contributed by atoms with Crippen LogP contribution in [0.1, 0.15) is 23.6 Å². The normalized spacial score (nSPS) is 17.3. The van der Waals surface area contributed by atoms with Crippen molar-refractivity contribution in [2.45, 2.75) is 25.8 Å². The van der Waals surface area contributed by atoms with Crippen LogP contribution >= 0.6 is 0 Å². The number of aryl methyl sites for hydroxylation is 1. The molecule has 0 fully saturated rings. The smallest absolute Gasteiger partial charge is 0.310 e. The molecule has 1 atom stereocenters. The molecule has 1 aromatic carbocycles. The van der Waals surface area contributed by atoms with Crippen molar-refractivity contribution >= 4 is 5.97 Å². The van der Waals surface area contributed by atoms with Crippen LogP contribution in [0.25, 0.3) is 0 Å². The second-order valence-corrected chi connectivity index (χ2v) is 5.21. The van der Waals surface area contributed by atoms with Crippen molar-refractivity contribution in [2.24, 2.45) is 5.92 Å². The molecule has 2 heterocycles. The largest absolute Gasteiger partial charge is 0.469 e. The van der Waals surface area contributed by atoms with Crippen LogP contribution in [-0.2, 0) is 28.9 Å². The molecule has 1 aliphatic rings. The first-order valence-electron chi connectivity index (χ1n) is 6.90. The van der Waals surface area contributed by atoms with Crippen LogP contribution in [0.3, 0.4) is 0 Å². The Balaban J connectivity index is 1.81. The molecule has 0 radical (unpaired) electrons. The number of carbonyl (C=O) groups excluding carboxylic acids is 1. The zero-order valence-corrected chi connectivity index (χ0v) is 11.8. The van der Waals surface area contributed by atoms with Crippen molar-refractivity contribution in [1.29, 1.82) is 0 Å². The topological polar surface area (TPSA) is 57.0 Å². The number of rotatable bonds is 3. The van der Waals surface area contributed by atoms with Crippen LogP contribution < -0.4 is 0 Å². The number of benzene rings is 1. The molecule has 1 aromatic heterocycles. The Morgan fingerprint density at radius 2 is 2.14 bits per heavy atom. The van der Waals surface area contributed by atoms with Crippen molar-refractivity contribution in [3.63, 3.8) is 0 Å². The van der Waals surface area contributed by atoms with E-state index >= 15 is 0 Å². The summed E-state index contributed by atoms with van der Waals surface area (Å²) < 4.78 is 19.7. The van der Waals surface area contributed by atoms with E-state index in [1.807, 2.05) is 4.57 Å². The third-order valence-electron chi connectivity index (χ3n) is 3.83. The third-order valence-corrected chi connectivity index (χ3v) is 3.83. The van der Waals surface area contributed by atoms with Gasteiger partial charge in [0, 0.05) is 19.4 Å². The summed E-state index contributed by atoms with van der Waals surface area (Å²) in [6.07, 6.45) is 2.03. The number of ether oxygens (including phenoxy) is 1. The maximum atomic E-state index is 12.9. The van der Waals surface area contributed by atoms with Gasteiger partial charge in [-0.1, -0.05) is 12.1 Å². The molecule has 1 aliphatic heterocycles. The van der Waals surface area contributed by atoms with E-state index in [1.54, 1.807) is 12.1 Å². The van der Waals surface area contributed by atoms with Gasteiger partial charge in [0.2, 0.25) is 0 Å². The molecule has 0 saturated heterocycles. The molecule has 0 bridgehead atoms. The lowest BCUT2D eigenvalue weighted by molar-refractivity contribution is -0.146. The maximum Gasteiger partial charge on any atom is 0.310 e. The lowest BCUT2D eigenvalue weighted by Crippen LogP contribution is -2.28. The lowest BCUT2D eigenvalue weighted by Gasteiger charge is -2.22. The van der Waals surface area contributed by atoms with Gasteiger partial charge >= 0.3 is 5.97 Å². The summed E-state index contributed by atoms with van der Waals surface area (Å²) in [5.74, 6) is 1.10. The van der Waals surface area contributed by atoms with E-state index in [4.69, 9.17) is 4.74 Å². The average Bonchev–Trinajstić information content (AvgIpc) is 2.91. The molecule has 0 saturated carbocycles. The first-order chi connectivity index (χ1) is 10.2. The Hall–Kier alpha value is -2.24. The minimum atomic E-state index is -0.257. The molecule has 2 aromatic rings. The lowest BCUT2D eigenvalue weighted by atomic mass is 9.99. The predicted octanol–water partition coefficient (Wildman–Crippen LogP) is 1.74. The second-order valence-electron chi connectivity index (χ2n) is 5.21. The second kappa shape index (κ2) is 5.63. The van der Waals surface area contributed by atoms with Crippen molar-refractivity contribution < 1.29 is 13.9 Å². The number of nitrogens with zero attached hydrogens (tertiary/aromatic N) is 3. The minimum absolute atomic E-state index is 0.148. The maximum absolute atomic E-state index is 12.9. The van der Waals surface area contributed by atoms with E-state index in [9.17, 15) is 9.18 Å². The molecule has 0 spiro atoms. The molecule has 5 nitrogen and oxygen atoms in total. The fourth-order valence-electron chi connectivity index (χ4n) is 2.66. The number of carbonyl (C=O) groups is 1. The highest BCUT2D eigenvalue weighted by atomic mass is 19.1. The SMILES string of the molecule is COC(=O)C1CCc2nnc(Cc3ccc(F)cc3)n2C1. The molecular formula is C15H16FN3O2. The highest BCUT2D eigenvalue weighted by Gasteiger charge is 2.28. The zero-order valence-electron chi connectivity index (χ0n) is 11.8. The first-order valence-corrected chi connectivity index (χ1v) is 6.90. The summed E-state index contributed by atoms with van der Waals surface area (Å²) >= 11 is 0. The standard InChI is InChI=1S/C15H16FN3O2/c1-21-15(20)11-4-7-13-17-18-14(19(13)9-11)8-10-2-5-12(16)6-3-10/h2-3,5-6,11H,4,7-9H2,1H3. The summed E-state index contributed by atoms with van der Waals surface area (Å²) in [6.45, 7) is 0.547. The van der Waals surface area contributed by atoms with Crippen molar-refractivity contribution in [1.82, 2.24) is 14.8 Å². The molecule has 0 N–H and O–H groups in total. The van der Waals surface area contributed by atoms with E-state index in [1.165, 1.54) is 19.2 Å². The van der Waals surface area contributed by atoms with Crippen LogP contribution in [0.2, 0.25) is 0 Å². The quantitative estimate of drug-likeness (QED) is 0.808. The molecule has 0 aliphatic carbocycles. The Morgan fingerprint density at radius 1 is 1.38 bits per heavy atom. The van der Waals surface area contributed by atoms with Gasteiger partial charge < -0.3 is 9.30 Å². The summed E-state index contributed by atoms with van der Waals surface area (Å²) in [5, 5.41) is 8.38. The molecule has 110 valence electrons. The van der Waals surface area contributed by atoms with Gasteiger partial charge in [-0.15, -0.1) is 10.2 Å². The van der Waals surface area contributed by atoms with Gasteiger partial charge in [-0.05, 0) is 24.1 Å². The van der Waals surface area contributed by atoms with Crippen LogP contribution in [-0.4, -0.2) is 27.8 Å². The van der Waals surface area contributed by atoms with E-state index < -0.39 is 0 Å². The first kappa shape index (κ1) is 13.7. The highest BCUT2D eigenvalue weighted by molar-refractivity contribution is 5.72. The van der Waals surface area contributed by atoms with Crippen LogP contribution in [0.5, 0.6) is 0 Å².